The lowest BCUT2D eigenvalue weighted by molar-refractivity contribution is 0.292. The van der Waals surface area contributed by atoms with Crippen LogP contribution in [0.4, 0.5) is 0 Å². The third-order valence-electron chi connectivity index (χ3n) is 4.91. The quantitative estimate of drug-likeness (QED) is 0.636. The number of hydrogen-bond acceptors (Lipinski definition) is 3. The van der Waals surface area contributed by atoms with Crippen molar-refractivity contribution in [2.75, 3.05) is 31.1 Å². The van der Waals surface area contributed by atoms with Gasteiger partial charge in [0.2, 0.25) is 0 Å². The number of aromatic nitrogens is 2. The summed E-state index contributed by atoms with van der Waals surface area (Å²) in [6.07, 6.45) is 3.17. The molecule has 1 aliphatic rings. The van der Waals surface area contributed by atoms with Crippen molar-refractivity contribution in [3.05, 3.63) is 67.0 Å². The lowest BCUT2D eigenvalue weighted by Gasteiger charge is -2.26. The fraction of sp³-hybridized carbons (Fsp3) is 0.318. The first-order valence-electron chi connectivity index (χ1n) is 9.38. The molecule has 4 heteroatoms. The Hall–Kier alpha value is -2.04. The van der Waals surface area contributed by atoms with Gasteiger partial charge in [0.25, 0.3) is 0 Å². The molecule has 0 saturated carbocycles. The van der Waals surface area contributed by atoms with Crippen molar-refractivity contribution in [3.8, 4) is 22.5 Å². The number of aryl methyl sites for hydroxylation is 1. The molecule has 2 aromatic carbocycles. The molecule has 0 N–H and O–H groups in total. The van der Waals surface area contributed by atoms with E-state index in [1.54, 1.807) is 0 Å². The first kappa shape index (κ1) is 17.4. The Kier molecular flexibility index (Phi) is 5.72. The van der Waals surface area contributed by atoms with Gasteiger partial charge in [-0.2, -0.15) is 11.8 Å². The fourth-order valence-corrected chi connectivity index (χ4v) is 4.53. The number of nitrogens with zero attached hydrogens (tertiary/aromatic N) is 3. The lowest BCUT2D eigenvalue weighted by Crippen LogP contribution is -2.33. The van der Waals surface area contributed by atoms with Gasteiger partial charge in [0.05, 0.1) is 17.7 Å². The molecule has 0 unspecified atom stereocenters. The summed E-state index contributed by atoms with van der Waals surface area (Å²) >= 11 is 2.07. The first-order valence-corrected chi connectivity index (χ1v) is 10.5. The zero-order valence-corrected chi connectivity index (χ0v) is 15.9. The van der Waals surface area contributed by atoms with E-state index in [1.165, 1.54) is 48.0 Å². The lowest BCUT2D eigenvalue weighted by atomic mass is 10.0. The molecule has 1 fully saturated rings. The van der Waals surface area contributed by atoms with Crippen LogP contribution < -0.4 is 0 Å². The number of thioether (sulfide) groups is 1. The highest BCUT2D eigenvalue weighted by molar-refractivity contribution is 7.99. The van der Waals surface area contributed by atoms with Crippen molar-refractivity contribution in [1.82, 2.24) is 14.5 Å². The highest BCUT2D eigenvalue weighted by Crippen LogP contribution is 2.31. The molecular formula is C22H25N3S. The monoisotopic (exact) mass is 363 g/mol. The van der Waals surface area contributed by atoms with Crippen LogP contribution >= 0.6 is 11.8 Å². The van der Waals surface area contributed by atoms with Crippen LogP contribution in [-0.2, 0) is 6.54 Å². The summed E-state index contributed by atoms with van der Waals surface area (Å²) in [5.41, 5.74) is 4.72. The summed E-state index contributed by atoms with van der Waals surface area (Å²) in [6.45, 7) is 4.64. The summed E-state index contributed by atoms with van der Waals surface area (Å²) in [4.78, 5) is 7.37. The number of benzene rings is 2. The predicted molar refractivity (Wildman–Crippen MR) is 111 cm³/mol. The molecule has 0 spiro atoms. The van der Waals surface area contributed by atoms with Gasteiger partial charge in [-0.1, -0.05) is 60.7 Å². The van der Waals surface area contributed by atoms with Gasteiger partial charge in [0.1, 0.15) is 0 Å². The van der Waals surface area contributed by atoms with Gasteiger partial charge in [0, 0.05) is 42.3 Å². The highest BCUT2D eigenvalue weighted by Gasteiger charge is 2.15. The maximum Gasteiger partial charge on any atom is 0.0963 e. The Morgan fingerprint density at radius 2 is 1.46 bits per heavy atom. The first-order chi connectivity index (χ1) is 12.9. The summed E-state index contributed by atoms with van der Waals surface area (Å²) in [7, 11) is 0. The molecule has 0 bridgehead atoms. The highest BCUT2D eigenvalue weighted by atomic mass is 32.2. The molecule has 26 heavy (non-hydrogen) atoms. The molecule has 1 saturated heterocycles. The molecule has 1 aliphatic heterocycles. The largest absolute Gasteiger partial charge is 0.330 e. The summed E-state index contributed by atoms with van der Waals surface area (Å²) in [6, 6.07) is 21.1. The minimum Gasteiger partial charge on any atom is -0.330 e. The Labute approximate surface area is 160 Å². The number of imidazole rings is 1. The normalized spacial score (nSPS) is 15.2. The molecule has 1 aromatic heterocycles. The van der Waals surface area contributed by atoms with Gasteiger partial charge in [-0.05, 0) is 13.0 Å². The smallest absolute Gasteiger partial charge is 0.0963 e. The predicted octanol–water partition coefficient (Wildman–Crippen LogP) is 4.66. The number of hydrogen-bond donors (Lipinski definition) is 0. The van der Waals surface area contributed by atoms with Gasteiger partial charge in [-0.3, -0.25) is 0 Å². The van der Waals surface area contributed by atoms with Crippen LogP contribution in [-0.4, -0.2) is 45.6 Å². The van der Waals surface area contributed by atoms with Crippen molar-refractivity contribution in [3.63, 3.8) is 0 Å². The van der Waals surface area contributed by atoms with E-state index < -0.39 is 0 Å². The van der Waals surface area contributed by atoms with Gasteiger partial charge < -0.3 is 9.47 Å². The third kappa shape index (κ3) is 4.02. The molecule has 0 aliphatic carbocycles. The van der Waals surface area contributed by atoms with Gasteiger partial charge in [0.15, 0.2) is 0 Å². The standard InChI is InChI=1S/C22H25N3S/c1-3-8-19(9-4-1)21-22(20-10-5-2-6-11-20)25(18-23-21)13-7-12-24-14-16-26-17-15-24/h1-6,8-11,18H,7,12-17H2. The van der Waals surface area contributed by atoms with E-state index in [9.17, 15) is 0 Å². The van der Waals surface area contributed by atoms with Gasteiger partial charge in [-0.15, -0.1) is 0 Å². The van der Waals surface area contributed by atoms with Crippen LogP contribution in [0.2, 0.25) is 0 Å². The van der Waals surface area contributed by atoms with Crippen molar-refractivity contribution in [2.24, 2.45) is 0 Å². The van der Waals surface area contributed by atoms with Crippen molar-refractivity contribution in [1.29, 1.82) is 0 Å². The van der Waals surface area contributed by atoms with Crippen molar-refractivity contribution in [2.45, 2.75) is 13.0 Å². The summed E-state index contributed by atoms with van der Waals surface area (Å²) in [5.74, 6) is 2.55. The molecular weight excluding hydrogens is 338 g/mol. The Morgan fingerprint density at radius 3 is 2.15 bits per heavy atom. The zero-order chi connectivity index (χ0) is 17.6. The Morgan fingerprint density at radius 1 is 0.808 bits per heavy atom. The summed E-state index contributed by atoms with van der Waals surface area (Å²) in [5, 5.41) is 0. The average molecular weight is 364 g/mol. The minimum atomic E-state index is 1.01. The van der Waals surface area contributed by atoms with Crippen LogP contribution in [0, 0.1) is 0 Å². The molecule has 4 rings (SSSR count). The molecule has 3 aromatic rings. The van der Waals surface area contributed by atoms with E-state index in [4.69, 9.17) is 4.98 Å². The SMILES string of the molecule is c1ccc(-c2ncn(CCCN3CCSCC3)c2-c2ccccc2)cc1. The molecule has 2 heterocycles. The van der Waals surface area contributed by atoms with Crippen molar-refractivity contribution >= 4 is 11.8 Å². The van der Waals surface area contributed by atoms with Crippen LogP contribution in [0.5, 0.6) is 0 Å². The Bertz CT molecular complexity index is 808. The molecule has 0 amide bonds. The summed E-state index contributed by atoms with van der Waals surface area (Å²) < 4.78 is 2.33. The topological polar surface area (TPSA) is 21.1 Å². The maximum atomic E-state index is 4.77. The zero-order valence-electron chi connectivity index (χ0n) is 15.1. The van der Waals surface area contributed by atoms with E-state index >= 15 is 0 Å². The second-order valence-corrected chi connectivity index (χ2v) is 7.90. The van der Waals surface area contributed by atoms with E-state index in [-0.39, 0.29) is 0 Å². The van der Waals surface area contributed by atoms with Crippen LogP contribution in [0.3, 0.4) is 0 Å². The minimum absolute atomic E-state index is 1.01. The van der Waals surface area contributed by atoms with E-state index in [0.717, 1.165) is 18.7 Å². The second-order valence-electron chi connectivity index (χ2n) is 6.67. The molecule has 3 nitrogen and oxygen atoms in total. The molecule has 0 atom stereocenters. The maximum absolute atomic E-state index is 4.77. The van der Waals surface area contributed by atoms with Crippen molar-refractivity contribution < 1.29 is 0 Å². The van der Waals surface area contributed by atoms with Gasteiger partial charge >= 0.3 is 0 Å². The molecule has 134 valence electrons. The van der Waals surface area contributed by atoms with Gasteiger partial charge in [-0.25, -0.2) is 4.98 Å². The van der Waals surface area contributed by atoms with Crippen LogP contribution in [0.1, 0.15) is 6.42 Å². The van der Waals surface area contributed by atoms with Crippen LogP contribution in [0.25, 0.3) is 22.5 Å². The Balaban J connectivity index is 1.57. The molecule has 0 radical (unpaired) electrons. The fourth-order valence-electron chi connectivity index (χ4n) is 3.55. The van der Waals surface area contributed by atoms with E-state index in [2.05, 4.69) is 81.9 Å². The van der Waals surface area contributed by atoms with E-state index in [0.29, 0.717) is 0 Å². The average Bonchev–Trinajstić information content (AvgIpc) is 3.14. The number of rotatable bonds is 6. The third-order valence-corrected chi connectivity index (χ3v) is 5.85. The van der Waals surface area contributed by atoms with Crippen LogP contribution in [0.15, 0.2) is 67.0 Å². The van der Waals surface area contributed by atoms with E-state index in [1.807, 2.05) is 6.33 Å². The second kappa shape index (κ2) is 8.56.